The molecule has 0 bridgehead atoms. The molecule has 2 aromatic rings. The highest BCUT2D eigenvalue weighted by Gasteiger charge is 2.21. The van der Waals surface area contributed by atoms with Gasteiger partial charge < -0.3 is 10.1 Å². The number of rotatable bonds is 6. The maximum Gasteiger partial charge on any atom is 0.338 e. The van der Waals surface area contributed by atoms with E-state index in [1.54, 1.807) is 12.1 Å². The Hall–Kier alpha value is -3.04. The van der Waals surface area contributed by atoms with Crippen LogP contribution >= 0.6 is 0 Å². The molecule has 0 saturated heterocycles. The summed E-state index contributed by atoms with van der Waals surface area (Å²) in [5.74, 6) is -1.42. The van der Waals surface area contributed by atoms with Crippen LogP contribution < -0.4 is 10.5 Å². The largest absolute Gasteiger partial charge is 0.451 e. The third kappa shape index (κ3) is 5.47. The minimum atomic E-state index is -3.86. The molecule has 2 rings (SSSR count). The lowest BCUT2D eigenvalue weighted by Crippen LogP contribution is -2.24. The molecular formula is C18H18N2O6S. The number of amides is 1. The fourth-order valence-corrected chi connectivity index (χ4v) is 2.73. The number of ketones is 1. The second kappa shape index (κ2) is 8.11. The van der Waals surface area contributed by atoms with Gasteiger partial charge in [0.1, 0.15) is 0 Å². The summed E-state index contributed by atoms with van der Waals surface area (Å²) in [5.41, 5.74) is 0.940. The van der Waals surface area contributed by atoms with Crippen LogP contribution in [0.5, 0.6) is 0 Å². The average Bonchev–Trinajstić information content (AvgIpc) is 2.60. The van der Waals surface area contributed by atoms with Crippen LogP contribution in [0.3, 0.4) is 0 Å². The average molecular weight is 390 g/mol. The quantitative estimate of drug-likeness (QED) is 0.570. The van der Waals surface area contributed by atoms with Gasteiger partial charge in [0.25, 0.3) is 0 Å². The van der Waals surface area contributed by atoms with Crippen molar-refractivity contribution in [2.24, 2.45) is 5.14 Å². The molecule has 0 aromatic heterocycles. The number of anilines is 1. The summed E-state index contributed by atoms with van der Waals surface area (Å²) in [7, 11) is -3.86. The SMILES string of the molecule is CC(=O)Nc1ccc(C(=O)[C@@H](C)OC(=O)c2ccc(S(N)(=O)=O)cc2)cc1. The van der Waals surface area contributed by atoms with E-state index >= 15 is 0 Å². The van der Waals surface area contributed by atoms with Gasteiger partial charge in [-0.25, -0.2) is 18.4 Å². The van der Waals surface area contributed by atoms with Gasteiger partial charge in [0.05, 0.1) is 10.5 Å². The molecule has 8 nitrogen and oxygen atoms in total. The van der Waals surface area contributed by atoms with Gasteiger partial charge in [-0.05, 0) is 55.5 Å². The molecule has 0 aliphatic rings. The lowest BCUT2D eigenvalue weighted by molar-refractivity contribution is -0.114. The first-order valence-electron chi connectivity index (χ1n) is 7.83. The molecule has 142 valence electrons. The number of ether oxygens (including phenoxy) is 1. The lowest BCUT2D eigenvalue weighted by atomic mass is 10.1. The van der Waals surface area contributed by atoms with E-state index in [1.165, 1.54) is 50.2 Å². The maximum atomic E-state index is 12.4. The molecule has 0 aliphatic heterocycles. The van der Waals surface area contributed by atoms with E-state index in [1.807, 2.05) is 0 Å². The number of hydrogen-bond acceptors (Lipinski definition) is 6. The van der Waals surface area contributed by atoms with Crippen molar-refractivity contribution in [3.8, 4) is 0 Å². The van der Waals surface area contributed by atoms with Crippen LogP contribution in [0.25, 0.3) is 0 Å². The summed E-state index contributed by atoms with van der Waals surface area (Å²) in [6, 6.07) is 11.0. The predicted molar refractivity (Wildman–Crippen MR) is 97.8 cm³/mol. The number of esters is 1. The third-order valence-corrected chi connectivity index (χ3v) is 4.49. The Bertz CT molecular complexity index is 966. The third-order valence-electron chi connectivity index (χ3n) is 3.56. The van der Waals surface area contributed by atoms with Crippen LogP contribution in [-0.4, -0.2) is 32.2 Å². The highest BCUT2D eigenvalue weighted by molar-refractivity contribution is 7.89. The van der Waals surface area contributed by atoms with Gasteiger partial charge in [-0.3, -0.25) is 9.59 Å². The first-order valence-corrected chi connectivity index (χ1v) is 9.38. The molecule has 0 unspecified atom stereocenters. The number of nitrogens with two attached hydrogens (primary N) is 1. The predicted octanol–water partition coefficient (Wildman–Crippen LogP) is 1.72. The Kier molecular flexibility index (Phi) is 6.09. The zero-order valence-corrected chi connectivity index (χ0v) is 15.4. The van der Waals surface area contributed by atoms with E-state index in [4.69, 9.17) is 9.88 Å². The standard InChI is InChI=1S/C18H18N2O6S/c1-11(17(22)13-3-7-15(8-4-13)20-12(2)21)26-18(23)14-5-9-16(10-6-14)27(19,24)25/h3-11H,1-2H3,(H,20,21)(H2,19,24,25)/t11-/m1/s1. The first kappa shape index (κ1) is 20.3. The number of sulfonamides is 1. The van der Waals surface area contributed by atoms with Crippen molar-refractivity contribution in [3.05, 3.63) is 59.7 Å². The van der Waals surface area contributed by atoms with Crippen LogP contribution in [0.1, 0.15) is 34.6 Å². The van der Waals surface area contributed by atoms with Gasteiger partial charge in [0.2, 0.25) is 21.7 Å². The molecule has 1 amide bonds. The molecule has 1 atom stereocenters. The molecule has 0 saturated carbocycles. The summed E-state index contributed by atoms with van der Waals surface area (Å²) in [4.78, 5) is 35.4. The van der Waals surface area contributed by atoms with Crippen molar-refractivity contribution in [3.63, 3.8) is 0 Å². The second-order valence-electron chi connectivity index (χ2n) is 5.74. The van der Waals surface area contributed by atoms with E-state index in [2.05, 4.69) is 5.32 Å². The van der Waals surface area contributed by atoms with E-state index in [0.29, 0.717) is 11.3 Å². The van der Waals surface area contributed by atoms with Crippen LogP contribution in [0.15, 0.2) is 53.4 Å². The van der Waals surface area contributed by atoms with Crippen molar-refractivity contribution in [1.82, 2.24) is 0 Å². The summed E-state index contributed by atoms with van der Waals surface area (Å²) < 4.78 is 27.6. The van der Waals surface area contributed by atoms with Crippen LogP contribution in [0, 0.1) is 0 Å². The molecule has 27 heavy (non-hydrogen) atoms. The zero-order valence-electron chi connectivity index (χ0n) is 14.6. The summed E-state index contributed by atoms with van der Waals surface area (Å²) in [6.07, 6.45) is -1.05. The highest BCUT2D eigenvalue weighted by Crippen LogP contribution is 2.15. The van der Waals surface area contributed by atoms with Crippen LogP contribution in [-0.2, 0) is 19.6 Å². The summed E-state index contributed by atoms with van der Waals surface area (Å²) >= 11 is 0. The molecule has 9 heteroatoms. The minimum Gasteiger partial charge on any atom is -0.451 e. The number of benzene rings is 2. The van der Waals surface area contributed by atoms with Crippen molar-refractivity contribution < 1.29 is 27.5 Å². The van der Waals surface area contributed by atoms with Crippen LogP contribution in [0.4, 0.5) is 5.69 Å². The monoisotopic (exact) mass is 390 g/mol. The second-order valence-corrected chi connectivity index (χ2v) is 7.30. The number of hydrogen-bond donors (Lipinski definition) is 2. The first-order chi connectivity index (χ1) is 12.6. The summed E-state index contributed by atoms with van der Waals surface area (Å²) in [6.45, 7) is 2.80. The van der Waals surface area contributed by atoms with Gasteiger partial charge in [-0.2, -0.15) is 0 Å². The number of Topliss-reactive ketones (excluding diaryl/α,β-unsaturated/α-hetero) is 1. The number of primary sulfonamides is 1. The Morgan fingerprint density at radius 1 is 0.963 bits per heavy atom. The van der Waals surface area contributed by atoms with E-state index in [9.17, 15) is 22.8 Å². The fraction of sp³-hybridized carbons (Fsp3) is 0.167. The van der Waals surface area contributed by atoms with E-state index < -0.39 is 27.9 Å². The smallest absolute Gasteiger partial charge is 0.338 e. The Morgan fingerprint density at radius 2 is 1.48 bits per heavy atom. The molecule has 3 N–H and O–H groups in total. The van der Waals surface area contributed by atoms with Gasteiger partial charge in [0.15, 0.2) is 6.10 Å². The Labute approximate surface area is 156 Å². The lowest BCUT2D eigenvalue weighted by Gasteiger charge is -2.13. The van der Waals surface area contributed by atoms with Crippen molar-refractivity contribution in [1.29, 1.82) is 0 Å². The highest BCUT2D eigenvalue weighted by atomic mass is 32.2. The normalized spacial score (nSPS) is 12.1. The molecule has 0 spiro atoms. The van der Waals surface area contributed by atoms with E-state index in [-0.39, 0.29) is 16.4 Å². The molecule has 0 radical (unpaired) electrons. The van der Waals surface area contributed by atoms with Crippen molar-refractivity contribution >= 4 is 33.4 Å². The van der Waals surface area contributed by atoms with Gasteiger partial charge >= 0.3 is 5.97 Å². The Morgan fingerprint density at radius 3 is 1.96 bits per heavy atom. The maximum absolute atomic E-state index is 12.4. The van der Waals surface area contributed by atoms with Crippen LogP contribution in [0.2, 0.25) is 0 Å². The van der Waals surface area contributed by atoms with Crippen molar-refractivity contribution in [2.45, 2.75) is 24.8 Å². The minimum absolute atomic E-state index is 0.0862. The van der Waals surface area contributed by atoms with Gasteiger partial charge in [-0.1, -0.05) is 0 Å². The number of nitrogens with one attached hydrogen (secondary N) is 1. The molecule has 0 heterocycles. The van der Waals surface area contributed by atoms with Gasteiger partial charge in [0, 0.05) is 18.2 Å². The zero-order chi connectivity index (χ0) is 20.2. The topological polar surface area (TPSA) is 133 Å². The molecule has 0 aliphatic carbocycles. The Balaban J connectivity index is 2.05. The van der Waals surface area contributed by atoms with Crippen molar-refractivity contribution in [2.75, 3.05) is 5.32 Å². The molecule has 0 fully saturated rings. The molecular weight excluding hydrogens is 372 g/mol. The van der Waals surface area contributed by atoms with E-state index in [0.717, 1.165) is 0 Å². The summed E-state index contributed by atoms with van der Waals surface area (Å²) in [5, 5.41) is 7.57. The number of carbonyl (C=O) groups is 3. The molecule has 2 aromatic carbocycles. The fourth-order valence-electron chi connectivity index (χ4n) is 2.22. The van der Waals surface area contributed by atoms with Gasteiger partial charge in [-0.15, -0.1) is 0 Å². The number of carbonyl (C=O) groups excluding carboxylic acids is 3.